The van der Waals surface area contributed by atoms with E-state index in [-0.39, 0.29) is 0 Å². The second kappa shape index (κ2) is 7.09. The maximum atomic E-state index is 4.91. The summed E-state index contributed by atoms with van der Waals surface area (Å²) in [5, 5.41) is 2.75. The molecule has 0 saturated carbocycles. The Kier molecular flexibility index (Phi) is 6.43. The normalized spacial score (nSPS) is 7.91. The second-order valence-electron chi connectivity index (χ2n) is 2.02. The third-order valence-electron chi connectivity index (χ3n) is 0.979. The summed E-state index contributed by atoms with van der Waals surface area (Å²) in [5.74, 6) is 0.910. The van der Waals surface area contributed by atoms with Gasteiger partial charge in [-0.2, -0.15) is 0 Å². The van der Waals surface area contributed by atoms with E-state index in [0.29, 0.717) is 0 Å². The molecule has 0 atom stereocenters. The second-order valence-corrected chi connectivity index (χ2v) is 2.02. The van der Waals surface area contributed by atoms with E-state index in [4.69, 9.17) is 4.74 Å². The topological polar surface area (TPSA) is 21.3 Å². The van der Waals surface area contributed by atoms with Gasteiger partial charge in [0.2, 0.25) is 0 Å². The van der Waals surface area contributed by atoms with Crippen LogP contribution in [-0.2, 0) is 0 Å². The van der Waals surface area contributed by atoms with Crippen LogP contribution in [0.5, 0.6) is 5.75 Å². The predicted octanol–water partition coefficient (Wildman–Crippen LogP) is 1.53. The average Bonchev–Trinajstić information content (AvgIpc) is 2.08. The maximum Gasteiger partial charge on any atom is 0.118 e. The van der Waals surface area contributed by atoms with E-state index in [2.05, 4.69) is 5.32 Å². The first-order valence-corrected chi connectivity index (χ1v) is 3.52. The summed E-state index contributed by atoms with van der Waals surface area (Å²) in [4.78, 5) is 0. The lowest BCUT2D eigenvalue weighted by atomic mass is 10.3. The summed E-state index contributed by atoms with van der Waals surface area (Å²) in [6, 6.07) is 9.68. The van der Waals surface area contributed by atoms with Crippen LogP contribution in [0.3, 0.4) is 0 Å². The molecular weight excluding hydrogens is 138 g/mol. The van der Waals surface area contributed by atoms with Crippen LogP contribution in [-0.4, -0.2) is 21.2 Å². The Morgan fingerprint density at radius 3 is 1.82 bits per heavy atom. The van der Waals surface area contributed by atoms with Crippen molar-refractivity contribution in [1.29, 1.82) is 0 Å². The Hall–Kier alpha value is -1.02. The van der Waals surface area contributed by atoms with E-state index < -0.39 is 0 Å². The first-order valence-electron chi connectivity index (χ1n) is 3.52. The molecule has 0 spiro atoms. The van der Waals surface area contributed by atoms with Crippen LogP contribution in [0, 0.1) is 0 Å². The van der Waals surface area contributed by atoms with Crippen molar-refractivity contribution < 1.29 is 4.74 Å². The fourth-order valence-electron chi connectivity index (χ4n) is 0.557. The summed E-state index contributed by atoms with van der Waals surface area (Å²) in [6.45, 7) is 0. The lowest BCUT2D eigenvalue weighted by molar-refractivity contribution is 0.415. The number of benzene rings is 1. The minimum absolute atomic E-state index is 0.910. The SMILES string of the molecule is CNC.COc1ccccc1. The molecule has 1 aromatic carbocycles. The highest BCUT2D eigenvalue weighted by atomic mass is 16.5. The van der Waals surface area contributed by atoms with E-state index in [1.54, 1.807) is 7.11 Å². The van der Waals surface area contributed by atoms with Gasteiger partial charge in [-0.05, 0) is 26.2 Å². The lowest BCUT2D eigenvalue weighted by Crippen LogP contribution is -1.89. The first-order chi connectivity index (χ1) is 5.35. The highest BCUT2D eigenvalue weighted by Crippen LogP contribution is 2.05. The van der Waals surface area contributed by atoms with Crippen molar-refractivity contribution in [3.63, 3.8) is 0 Å². The number of ether oxygens (including phenoxy) is 1. The van der Waals surface area contributed by atoms with Gasteiger partial charge in [-0.1, -0.05) is 18.2 Å². The van der Waals surface area contributed by atoms with Crippen LogP contribution in [0.4, 0.5) is 0 Å². The Bertz CT molecular complexity index is 162. The smallest absolute Gasteiger partial charge is 0.118 e. The Balaban J connectivity index is 0.000000292. The van der Waals surface area contributed by atoms with Gasteiger partial charge in [-0.15, -0.1) is 0 Å². The summed E-state index contributed by atoms with van der Waals surface area (Å²) in [5.41, 5.74) is 0. The lowest BCUT2D eigenvalue weighted by Gasteiger charge is -1.93. The Labute approximate surface area is 68.2 Å². The zero-order valence-electron chi connectivity index (χ0n) is 7.29. The van der Waals surface area contributed by atoms with E-state index in [1.807, 2.05) is 44.4 Å². The van der Waals surface area contributed by atoms with Crippen molar-refractivity contribution in [3.05, 3.63) is 30.3 Å². The molecule has 0 saturated heterocycles. The molecule has 1 N–H and O–H groups in total. The Morgan fingerprint density at radius 1 is 1.09 bits per heavy atom. The van der Waals surface area contributed by atoms with Crippen molar-refractivity contribution >= 4 is 0 Å². The van der Waals surface area contributed by atoms with Crippen molar-refractivity contribution in [2.45, 2.75) is 0 Å². The minimum atomic E-state index is 0.910. The van der Waals surface area contributed by atoms with Gasteiger partial charge in [0, 0.05) is 0 Å². The number of para-hydroxylation sites is 1. The number of rotatable bonds is 1. The fraction of sp³-hybridized carbons (Fsp3) is 0.333. The quantitative estimate of drug-likeness (QED) is 0.660. The molecule has 0 aromatic heterocycles. The molecular formula is C9H15NO. The summed E-state index contributed by atoms with van der Waals surface area (Å²) >= 11 is 0. The number of methoxy groups -OCH3 is 1. The van der Waals surface area contributed by atoms with E-state index in [1.165, 1.54) is 0 Å². The molecule has 0 amide bonds. The van der Waals surface area contributed by atoms with Crippen LogP contribution in [0.2, 0.25) is 0 Å². The van der Waals surface area contributed by atoms with E-state index in [9.17, 15) is 0 Å². The molecule has 2 nitrogen and oxygen atoms in total. The molecule has 0 aliphatic heterocycles. The van der Waals surface area contributed by atoms with E-state index >= 15 is 0 Å². The van der Waals surface area contributed by atoms with Gasteiger partial charge in [0.05, 0.1) is 7.11 Å². The first kappa shape index (κ1) is 9.98. The molecule has 0 radical (unpaired) electrons. The molecule has 2 heteroatoms. The monoisotopic (exact) mass is 153 g/mol. The molecule has 11 heavy (non-hydrogen) atoms. The van der Waals surface area contributed by atoms with Crippen LogP contribution in [0.15, 0.2) is 30.3 Å². The molecule has 1 rings (SSSR count). The molecule has 0 unspecified atom stereocenters. The van der Waals surface area contributed by atoms with Crippen LogP contribution in [0.1, 0.15) is 0 Å². The van der Waals surface area contributed by atoms with Gasteiger partial charge < -0.3 is 10.1 Å². The highest BCUT2D eigenvalue weighted by molar-refractivity contribution is 5.20. The highest BCUT2D eigenvalue weighted by Gasteiger charge is 1.80. The van der Waals surface area contributed by atoms with Crippen molar-refractivity contribution in [1.82, 2.24) is 5.32 Å². The third-order valence-corrected chi connectivity index (χ3v) is 0.979. The van der Waals surface area contributed by atoms with Crippen LogP contribution < -0.4 is 10.1 Å². The third kappa shape index (κ3) is 5.43. The van der Waals surface area contributed by atoms with Gasteiger partial charge in [-0.3, -0.25) is 0 Å². The standard InChI is InChI=1S/C7H8O.C2H7N/c1-8-7-5-3-2-4-6-7;1-3-2/h2-6H,1H3;3H,1-2H3. The molecule has 0 bridgehead atoms. The number of hydrogen-bond acceptors (Lipinski definition) is 2. The molecule has 0 fully saturated rings. The zero-order chi connectivity index (χ0) is 8.53. The van der Waals surface area contributed by atoms with Gasteiger partial charge in [0.15, 0.2) is 0 Å². The van der Waals surface area contributed by atoms with Crippen LogP contribution >= 0.6 is 0 Å². The average molecular weight is 153 g/mol. The summed E-state index contributed by atoms with van der Waals surface area (Å²) in [6.07, 6.45) is 0. The summed E-state index contributed by atoms with van der Waals surface area (Å²) in [7, 11) is 5.41. The largest absolute Gasteiger partial charge is 0.497 e. The molecule has 0 heterocycles. The predicted molar refractivity (Wildman–Crippen MR) is 48.0 cm³/mol. The van der Waals surface area contributed by atoms with Gasteiger partial charge in [0.1, 0.15) is 5.75 Å². The molecule has 1 aromatic rings. The maximum absolute atomic E-state index is 4.91. The van der Waals surface area contributed by atoms with Gasteiger partial charge in [-0.25, -0.2) is 0 Å². The molecule has 62 valence electrons. The van der Waals surface area contributed by atoms with Gasteiger partial charge >= 0.3 is 0 Å². The fourth-order valence-corrected chi connectivity index (χ4v) is 0.557. The summed E-state index contributed by atoms with van der Waals surface area (Å²) < 4.78 is 4.91. The van der Waals surface area contributed by atoms with Crippen molar-refractivity contribution in [3.8, 4) is 5.75 Å². The van der Waals surface area contributed by atoms with Gasteiger partial charge in [0.25, 0.3) is 0 Å². The molecule has 0 aliphatic carbocycles. The van der Waals surface area contributed by atoms with Crippen molar-refractivity contribution in [2.24, 2.45) is 0 Å². The minimum Gasteiger partial charge on any atom is -0.497 e. The van der Waals surface area contributed by atoms with E-state index in [0.717, 1.165) is 5.75 Å². The molecule has 0 aliphatic rings. The number of nitrogens with one attached hydrogen (secondary N) is 1. The van der Waals surface area contributed by atoms with Crippen LogP contribution in [0.25, 0.3) is 0 Å². The Morgan fingerprint density at radius 2 is 1.55 bits per heavy atom. The number of hydrogen-bond donors (Lipinski definition) is 1. The van der Waals surface area contributed by atoms with Crippen molar-refractivity contribution in [2.75, 3.05) is 21.2 Å². The zero-order valence-corrected chi connectivity index (χ0v) is 7.29.